The number of fused-ring (bicyclic) bond motifs is 1. The number of hydrogen-bond acceptors (Lipinski definition) is 3. The highest BCUT2D eigenvalue weighted by atomic mass is 16.2. The van der Waals surface area contributed by atoms with Gasteiger partial charge in [0.15, 0.2) is 0 Å². The smallest absolute Gasteiger partial charge is 0.258 e. The first-order valence-corrected chi connectivity index (χ1v) is 8.31. The number of rotatable bonds is 4. The summed E-state index contributed by atoms with van der Waals surface area (Å²) in [7, 11) is 1.80. The first-order valence-electron chi connectivity index (χ1n) is 8.31. The van der Waals surface area contributed by atoms with Gasteiger partial charge in [-0.2, -0.15) is 0 Å². The van der Waals surface area contributed by atoms with Gasteiger partial charge in [0, 0.05) is 19.2 Å². The number of hydrogen-bond donors (Lipinski definition) is 1. The van der Waals surface area contributed by atoms with Gasteiger partial charge in [0.25, 0.3) is 17.7 Å². The molecule has 5 nitrogen and oxygen atoms in total. The van der Waals surface area contributed by atoms with E-state index in [1.807, 2.05) is 0 Å². The van der Waals surface area contributed by atoms with Gasteiger partial charge in [0.2, 0.25) is 0 Å². The Morgan fingerprint density at radius 3 is 2.57 bits per heavy atom. The molecule has 1 heterocycles. The van der Waals surface area contributed by atoms with Crippen LogP contribution in [0.4, 0.5) is 0 Å². The van der Waals surface area contributed by atoms with E-state index < -0.39 is 11.8 Å². The molecular weight excluding hydrogens is 292 g/mol. The fraction of sp³-hybridized carbons (Fsp3) is 0.500. The molecule has 1 saturated carbocycles. The van der Waals surface area contributed by atoms with Crippen LogP contribution in [0.3, 0.4) is 0 Å². The molecule has 0 saturated heterocycles. The zero-order valence-corrected chi connectivity index (χ0v) is 13.4. The number of carbonyl (C=O) groups excluding carboxylic acids is 3. The zero-order valence-electron chi connectivity index (χ0n) is 13.4. The summed E-state index contributed by atoms with van der Waals surface area (Å²) in [5.41, 5.74) is 1.10. The van der Waals surface area contributed by atoms with Gasteiger partial charge in [-0.15, -0.1) is 0 Å². The lowest BCUT2D eigenvalue weighted by atomic mass is 9.87. The first-order chi connectivity index (χ1) is 11.1. The quantitative estimate of drug-likeness (QED) is 0.869. The minimum atomic E-state index is -0.426. The van der Waals surface area contributed by atoms with Crippen molar-refractivity contribution in [3.05, 3.63) is 34.9 Å². The molecule has 122 valence electrons. The maximum absolute atomic E-state index is 12.5. The van der Waals surface area contributed by atoms with Crippen LogP contribution in [-0.2, 0) is 0 Å². The standard InChI is InChI=1S/C18H22N2O3/c1-20(10-9-12-5-3-2-4-6-12)18(23)13-7-8-14-15(11-13)17(22)19-16(14)21/h7-8,11-12H,2-6,9-10H2,1H3,(H,19,21,22). The van der Waals surface area contributed by atoms with Crippen molar-refractivity contribution in [3.8, 4) is 0 Å². The molecule has 1 N–H and O–H groups in total. The van der Waals surface area contributed by atoms with Gasteiger partial charge in [0.05, 0.1) is 11.1 Å². The van der Waals surface area contributed by atoms with Crippen LogP contribution in [-0.4, -0.2) is 36.2 Å². The summed E-state index contributed by atoms with van der Waals surface area (Å²) in [6.45, 7) is 0.728. The molecule has 0 atom stereocenters. The Morgan fingerprint density at radius 2 is 1.83 bits per heavy atom. The highest BCUT2D eigenvalue weighted by molar-refractivity contribution is 6.22. The molecule has 1 aromatic carbocycles. The lowest BCUT2D eigenvalue weighted by molar-refractivity contribution is 0.0783. The Hall–Kier alpha value is -2.17. The van der Waals surface area contributed by atoms with E-state index in [0.29, 0.717) is 16.7 Å². The van der Waals surface area contributed by atoms with Gasteiger partial charge in [-0.1, -0.05) is 32.1 Å². The largest absolute Gasteiger partial charge is 0.342 e. The van der Waals surface area contributed by atoms with Crippen molar-refractivity contribution in [1.29, 1.82) is 0 Å². The Morgan fingerprint density at radius 1 is 1.13 bits per heavy atom. The molecule has 0 spiro atoms. The monoisotopic (exact) mass is 314 g/mol. The van der Waals surface area contributed by atoms with Crippen LogP contribution in [0.15, 0.2) is 18.2 Å². The maximum atomic E-state index is 12.5. The molecule has 3 amide bonds. The van der Waals surface area contributed by atoms with Crippen LogP contribution < -0.4 is 5.32 Å². The molecule has 0 bridgehead atoms. The van der Waals surface area contributed by atoms with E-state index in [4.69, 9.17) is 0 Å². The van der Waals surface area contributed by atoms with E-state index in [1.54, 1.807) is 24.1 Å². The molecule has 23 heavy (non-hydrogen) atoms. The predicted molar refractivity (Wildman–Crippen MR) is 86.4 cm³/mol. The molecule has 1 aliphatic heterocycles. The van der Waals surface area contributed by atoms with Crippen LogP contribution in [0.2, 0.25) is 0 Å². The highest BCUT2D eigenvalue weighted by Gasteiger charge is 2.28. The fourth-order valence-electron chi connectivity index (χ4n) is 3.47. The number of amides is 3. The maximum Gasteiger partial charge on any atom is 0.258 e. The molecule has 1 aliphatic carbocycles. The Bertz CT molecular complexity index is 648. The van der Waals surface area contributed by atoms with Crippen molar-refractivity contribution >= 4 is 17.7 Å². The summed E-state index contributed by atoms with van der Waals surface area (Å²) in [4.78, 5) is 37.5. The van der Waals surface area contributed by atoms with E-state index in [1.165, 1.54) is 38.2 Å². The fourth-order valence-corrected chi connectivity index (χ4v) is 3.47. The van der Waals surface area contributed by atoms with Gasteiger partial charge in [0.1, 0.15) is 0 Å². The van der Waals surface area contributed by atoms with E-state index in [0.717, 1.165) is 18.9 Å². The topological polar surface area (TPSA) is 66.5 Å². The lowest BCUT2D eigenvalue weighted by Crippen LogP contribution is -2.29. The molecule has 1 fully saturated rings. The Balaban J connectivity index is 1.64. The average Bonchev–Trinajstić information content (AvgIpc) is 2.87. The first kappa shape index (κ1) is 15.7. The van der Waals surface area contributed by atoms with E-state index >= 15 is 0 Å². The molecule has 0 aromatic heterocycles. The van der Waals surface area contributed by atoms with E-state index in [2.05, 4.69) is 5.32 Å². The van der Waals surface area contributed by atoms with Crippen LogP contribution in [0.5, 0.6) is 0 Å². The summed E-state index contributed by atoms with van der Waals surface area (Å²) in [6, 6.07) is 4.70. The molecule has 3 rings (SSSR count). The zero-order chi connectivity index (χ0) is 16.4. The molecule has 0 unspecified atom stereocenters. The van der Waals surface area contributed by atoms with Gasteiger partial charge < -0.3 is 4.90 Å². The number of nitrogens with zero attached hydrogens (tertiary/aromatic N) is 1. The van der Waals surface area contributed by atoms with Crippen molar-refractivity contribution in [2.75, 3.05) is 13.6 Å². The van der Waals surface area contributed by atoms with Crippen molar-refractivity contribution in [3.63, 3.8) is 0 Å². The van der Waals surface area contributed by atoms with Gasteiger partial charge in [-0.25, -0.2) is 0 Å². The van der Waals surface area contributed by atoms with Gasteiger partial charge in [-0.05, 0) is 30.5 Å². The number of benzene rings is 1. The van der Waals surface area contributed by atoms with Crippen LogP contribution in [0.1, 0.15) is 69.6 Å². The summed E-state index contributed by atoms with van der Waals surface area (Å²) in [5, 5.41) is 2.24. The summed E-state index contributed by atoms with van der Waals surface area (Å²) >= 11 is 0. The van der Waals surface area contributed by atoms with Crippen LogP contribution >= 0.6 is 0 Å². The number of imide groups is 1. The predicted octanol–water partition coefficient (Wildman–Crippen LogP) is 2.61. The SMILES string of the molecule is CN(CCC1CCCCC1)C(=O)c1ccc2c(c1)C(=O)NC2=O. The molecular formula is C18H22N2O3. The lowest BCUT2D eigenvalue weighted by Gasteiger charge is -2.24. The van der Waals surface area contributed by atoms with E-state index in [9.17, 15) is 14.4 Å². The third-order valence-corrected chi connectivity index (χ3v) is 4.93. The van der Waals surface area contributed by atoms with Crippen molar-refractivity contribution < 1.29 is 14.4 Å². The average molecular weight is 314 g/mol. The van der Waals surface area contributed by atoms with Crippen molar-refractivity contribution in [2.45, 2.75) is 38.5 Å². The summed E-state index contributed by atoms with van der Waals surface area (Å²) < 4.78 is 0. The summed E-state index contributed by atoms with van der Waals surface area (Å²) in [6.07, 6.45) is 7.51. The third-order valence-electron chi connectivity index (χ3n) is 4.93. The second-order valence-electron chi connectivity index (χ2n) is 6.56. The molecule has 0 radical (unpaired) electrons. The number of nitrogens with one attached hydrogen (secondary N) is 1. The second kappa shape index (κ2) is 6.52. The minimum Gasteiger partial charge on any atom is -0.342 e. The normalized spacial score (nSPS) is 17.8. The minimum absolute atomic E-state index is 0.101. The van der Waals surface area contributed by atoms with Crippen LogP contribution in [0.25, 0.3) is 0 Å². The second-order valence-corrected chi connectivity index (χ2v) is 6.56. The summed E-state index contributed by atoms with van der Waals surface area (Å²) in [5.74, 6) is -0.197. The molecule has 2 aliphatic rings. The van der Waals surface area contributed by atoms with Gasteiger partial charge >= 0.3 is 0 Å². The van der Waals surface area contributed by atoms with Crippen molar-refractivity contribution in [2.24, 2.45) is 5.92 Å². The van der Waals surface area contributed by atoms with E-state index in [-0.39, 0.29) is 5.91 Å². The third kappa shape index (κ3) is 3.28. The highest BCUT2D eigenvalue weighted by Crippen LogP contribution is 2.26. The Kier molecular flexibility index (Phi) is 4.46. The molecule has 1 aromatic rings. The van der Waals surface area contributed by atoms with Crippen LogP contribution in [0, 0.1) is 5.92 Å². The molecule has 5 heteroatoms. The van der Waals surface area contributed by atoms with Gasteiger partial charge in [-0.3, -0.25) is 19.7 Å². The van der Waals surface area contributed by atoms with Crippen molar-refractivity contribution in [1.82, 2.24) is 10.2 Å². The Labute approximate surface area is 136 Å². The number of carbonyl (C=O) groups is 3.